The van der Waals surface area contributed by atoms with Crippen LogP contribution in [0.1, 0.15) is 33.4 Å². The van der Waals surface area contributed by atoms with Crippen LogP contribution in [0.15, 0.2) is 108 Å². The van der Waals surface area contributed by atoms with Gasteiger partial charge in [-0.25, -0.2) is 8.78 Å². The minimum absolute atomic E-state index is 0.0747. The van der Waals surface area contributed by atoms with E-state index in [0.717, 1.165) is 11.1 Å². The van der Waals surface area contributed by atoms with E-state index in [4.69, 9.17) is 0 Å². The van der Waals surface area contributed by atoms with Crippen molar-refractivity contribution in [1.29, 1.82) is 0 Å². The van der Waals surface area contributed by atoms with Crippen LogP contribution >= 0.6 is 11.8 Å². The molecular weight excluding hydrogens is 548 g/mol. The van der Waals surface area contributed by atoms with Crippen LogP contribution in [0.2, 0.25) is 0 Å². The summed E-state index contributed by atoms with van der Waals surface area (Å²) in [5.74, 6) is -0.361. The van der Waals surface area contributed by atoms with Crippen molar-refractivity contribution in [1.82, 2.24) is 20.1 Å². The van der Waals surface area contributed by atoms with Gasteiger partial charge in [-0.2, -0.15) is 0 Å². The lowest BCUT2D eigenvalue weighted by atomic mass is 10.0. The molecule has 0 bridgehead atoms. The summed E-state index contributed by atoms with van der Waals surface area (Å²) in [7, 11) is 0. The largest absolute Gasteiger partial charge is 0.342 e. The van der Waals surface area contributed by atoms with Gasteiger partial charge >= 0.3 is 0 Å². The van der Waals surface area contributed by atoms with Gasteiger partial charge in [-0.3, -0.25) is 19.5 Å². The van der Waals surface area contributed by atoms with Crippen LogP contribution in [-0.4, -0.2) is 25.6 Å². The van der Waals surface area contributed by atoms with Crippen LogP contribution in [0.3, 0.4) is 0 Å². The number of nitro benzene ring substituents is 1. The number of carbonyl (C=O) groups is 1. The smallest absolute Gasteiger partial charge is 0.269 e. The molecule has 1 heterocycles. The molecule has 0 aliphatic carbocycles. The van der Waals surface area contributed by atoms with Gasteiger partial charge in [0, 0.05) is 29.1 Å². The van der Waals surface area contributed by atoms with Crippen molar-refractivity contribution in [2.75, 3.05) is 0 Å². The van der Waals surface area contributed by atoms with Crippen LogP contribution in [0.5, 0.6) is 0 Å². The van der Waals surface area contributed by atoms with E-state index < -0.39 is 22.7 Å². The highest BCUT2D eigenvalue weighted by molar-refractivity contribution is 7.98. The maximum atomic E-state index is 13.5. The van der Waals surface area contributed by atoms with Crippen molar-refractivity contribution in [2.45, 2.75) is 23.4 Å². The fourth-order valence-electron chi connectivity index (χ4n) is 4.19. The minimum atomic E-state index is -0.669. The highest BCUT2D eigenvalue weighted by Gasteiger charge is 2.26. The van der Waals surface area contributed by atoms with Crippen molar-refractivity contribution in [3.05, 3.63) is 147 Å². The first-order valence-electron chi connectivity index (χ1n) is 12.5. The molecule has 5 aromatic rings. The highest BCUT2D eigenvalue weighted by atomic mass is 32.2. The number of rotatable bonds is 10. The highest BCUT2D eigenvalue weighted by Crippen LogP contribution is 2.30. The van der Waals surface area contributed by atoms with Gasteiger partial charge in [0.15, 0.2) is 11.0 Å². The Bertz CT molecular complexity index is 1650. The Hall–Kier alpha value is -4.90. The van der Waals surface area contributed by atoms with Gasteiger partial charge in [-0.15, -0.1) is 10.2 Å². The van der Waals surface area contributed by atoms with E-state index in [2.05, 4.69) is 15.5 Å². The summed E-state index contributed by atoms with van der Waals surface area (Å²) < 4.78 is 28.6. The summed E-state index contributed by atoms with van der Waals surface area (Å²) in [5, 5.41) is 23.6. The SMILES string of the molecule is O=C(NC(Cc1ccccc1)c1nnc(SCc2ccc(F)cc2)n1-c1ccc([N+](=O)[O-])cc1)c1ccc(F)cc1. The summed E-state index contributed by atoms with van der Waals surface area (Å²) in [6, 6.07) is 26.1. The van der Waals surface area contributed by atoms with Crippen molar-refractivity contribution in [3.63, 3.8) is 0 Å². The molecule has 1 amide bonds. The van der Waals surface area contributed by atoms with Gasteiger partial charge in [0.1, 0.15) is 11.6 Å². The van der Waals surface area contributed by atoms with E-state index >= 15 is 0 Å². The summed E-state index contributed by atoms with van der Waals surface area (Å²) >= 11 is 1.35. The van der Waals surface area contributed by atoms with E-state index in [1.54, 1.807) is 28.8 Å². The van der Waals surface area contributed by atoms with E-state index in [9.17, 15) is 23.7 Å². The average molecular weight is 572 g/mol. The van der Waals surface area contributed by atoms with Crippen LogP contribution in [0.4, 0.5) is 14.5 Å². The van der Waals surface area contributed by atoms with Crippen molar-refractivity contribution >= 4 is 23.4 Å². The first-order chi connectivity index (χ1) is 19.9. The molecule has 0 saturated heterocycles. The maximum absolute atomic E-state index is 13.5. The first-order valence-corrected chi connectivity index (χ1v) is 13.5. The Morgan fingerprint density at radius 3 is 2.12 bits per heavy atom. The molecule has 0 aliphatic heterocycles. The van der Waals surface area contributed by atoms with Gasteiger partial charge in [0.05, 0.1) is 11.0 Å². The first kappa shape index (κ1) is 27.7. The summed E-state index contributed by atoms with van der Waals surface area (Å²) in [4.78, 5) is 24.0. The molecule has 1 unspecified atom stereocenters. The number of nitro groups is 1. The van der Waals surface area contributed by atoms with E-state index in [1.807, 2.05) is 30.3 Å². The second-order valence-electron chi connectivity index (χ2n) is 9.09. The van der Waals surface area contributed by atoms with Gasteiger partial charge in [-0.05, 0) is 66.1 Å². The number of non-ortho nitro benzene ring substituents is 1. The van der Waals surface area contributed by atoms with Crippen LogP contribution in [-0.2, 0) is 12.2 Å². The third kappa shape index (κ3) is 6.82. The summed E-state index contributed by atoms with van der Waals surface area (Å²) in [6.45, 7) is 0. The van der Waals surface area contributed by atoms with Crippen LogP contribution < -0.4 is 5.32 Å². The zero-order valence-electron chi connectivity index (χ0n) is 21.5. The Labute approximate surface area is 238 Å². The molecule has 4 aromatic carbocycles. The molecule has 206 valence electrons. The van der Waals surface area contributed by atoms with Crippen LogP contribution in [0.25, 0.3) is 5.69 Å². The minimum Gasteiger partial charge on any atom is -0.342 e. The molecule has 0 radical (unpaired) electrons. The molecule has 1 atom stereocenters. The van der Waals surface area contributed by atoms with Crippen molar-refractivity contribution in [3.8, 4) is 5.69 Å². The van der Waals surface area contributed by atoms with E-state index in [-0.39, 0.29) is 17.1 Å². The molecule has 5 rings (SSSR count). The number of halogens is 2. The molecule has 0 saturated carbocycles. The second kappa shape index (κ2) is 12.5. The van der Waals surface area contributed by atoms with Crippen molar-refractivity contribution in [2.24, 2.45) is 0 Å². The molecule has 1 aromatic heterocycles. The Kier molecular flexibility index (Phi) is 8.44. The predicted molar refractivity (Wildman–Crippen MR) is 151 cm³/mol. The number of nitrogens with one attached hydrogen (secondary N) is 1. The number of nitrogens with zero attached hydrogens (tertiary/aromatic N) is 4. The molecule has 0 fully saturated rings. The fourth-order valence-corrected chi connectivity index (χ4v) is 5.11. The number of benzene rings is 4. The van der Waals surface area contributed by atoms with Gasteiger partial charge in [-0.1, -0.05) is 54.2 Å². The monoisotopic (exact) mass is 571 g/mol. The predicted octanol–water partition coefficient (Wildman–Crippen LogP) is 6.46. The molecule has 0 spiro atoms. The molecule has 0 aliphatic rings. The topological polar surface area (TPSA) is 103 Å². The third-order valence-corrected chi connectivity index (χ3v) is 7.26. The third-order valence-electron chi connectivity index (χ3n) is 6.26. The van der Waals surface area contributed by atoms with Crippen LogP contribution in [0, 0.1) is 21.7 Å². The zero-order chi connectivity index (χ0) is 28.8. The van der Waals surface area contributed by atoms with Crippen molar-refractivity contribution < 1.29 is 18.5 Å². The second-order valence-corrected chi connectivity index (χ2v) is 10.0. The number of amides is 1. The maximum Gasteiger partial charge on any atom is 0.269 e. The number of hydrogen-bond donors (Lipinski definition) is 1. The lowest BCUT2D eigenvalue weighted by Crippen LogP contribution is -2.32. The van der Waals surface area contributed by atoms with E-state index in [1.165, 1.54) is 60.3 Å². The van der Waals surface area contributed by atoms with Gasteiger partial charge < -0.3 is 5.32 Å². The standard InChI is InChI=1S/C30H23F2N5O3S/c31-23-10-6-21(7-11-23)19-41-30-35-34-28(36(30)25-14-16-26(17-15-25)37(39)40)27(18-20-4-2-1-3-5-20)33-29(38)22-8-12-24(32)13-9-22/h1-17,27H,18-19H2,(H,33,38). The molecule has 1 N–H and O–H groups in total. The summed E-state index contributed by atoms with van der Waals surface area (Å²) in [6.07, 6.45) is 0.363. The zero-order valence-corrected chi connectivity index (χ0v) is 22.3. The molecule has 11 heteroatoms. The molecule has 8 nitrogen and oxygen atoms in total. The Morgan fingerprint density at radius 1 is 0.854 bits per heavy atom. The lowest BCUT2D eigenvalue weighted by molar-refractivity contribution is -0.384. The normalized spacial score (nSPS) is 11.7. The quantitative estimate of drug-likeness (QED) is 0.117. The number of carbonyl (C=O) groups excluding carboxylic acids is 1. The molecule has 41 heavy (non-hydrogen) atoms. The number of hydrogen-bond acceptors (Lipinski definition) is 6. The Balaban J connectivity index is 1.54. The van der Waals surface area contributed by atoms with Gasteiger partial charge in [0.2, 0.25) is 0 Å². The van der Waals surface area contributed by atoms with Gasteiger partial charge in [0.25, 0.3) is 11.6 Å². The fraction of sp³-hybridized carbons (Fsp3) is 0.100. The number of thioether (sulfide) groups is 1. The average Bonchev–Trinajstić information content (AvgIpc) is 3.41. The lowest BCUT2D eigenvalue weighted by Gasteiger charge is -2.20. The number of aromatic nitrogens is 3. The summed E-state index contributed by atoms with van der Waals surface area (Å²) in [5.41, 5.74) is 2.55. The Morgan fingerprint density at radius 2 is 1.49 bits per heavy atom. The molecular formula is C30H23F2N5O3S. The van der Waals surface area contributed by atoms with E-state index in [0.29, 0.717) is 28.8 Å².